The largest absolute Gasteiger partial charge is 0.417 e. The Morgan fingerprint density at radius 1 is 1.31 bits per heavy atom. The van der Waals surface area contributed by atoms with Gasteiger partial charge in [-0.05, 0) is 0 Å². The van der Waals surface area contributed by atoms with E-state index in [-0.39, 0.29) is 0 Å². The van der Waals surface area contributed by atoms with Crippen molar-refractivity contribution in [1.82, 2.24) is 4.98 Å². The molecule has 0 aliphatic heterocycles. The van der Waals surface area contributed by atoms with Crippen LogP contribution >= 0.6 is 23.2 Å². The standard InChI is InChI=1S/C8H4Cl2F5N/c9-1-3-5(8(13,14)15)4(7(11)12)2-16-6(3)10/h2,7H,1H2. The summed E-state index contributed by atoms with van der Waals surface area (Å²) in [5, 5.41) is -0.522. The summed E-state index contributed by atoms with van der Waals surface area (Å²) in [7, 11) is 0. The summed E-state index contributed by atoms with van der Waals surface area (Å²) < 4.78 is 62.4. The van der Waals surface area contributed by atoms with Crippen LogP contribution < -0.4 is 0 Å². The molecule has 0 unspecified atom stereocenters. The predicted molar refractivity (Wildman–Crippen MR) is 48.8 cm³/mol. The molecule has 16 heavy (non-hydrogen) atoms. The molecule has 0 aromatic carbocycles. The number of nitrogens with zero attached hydrogens (tertiary/aromatic N) is 1. The second kappa shape index (κ2) is 4.71. The van der Waals surface area contributed by atoms with Crippen molar-refractivity contribution in [3.8, 4) is 0 Å². The van der Waals surface area contributed by atoms with Gasteiger partial charge in [0.2, 0.25) is 0 Å². The van der Waals surface area contributed by atoms with Crippen molar-refractivity contribution >= 4 is 23.2 Å². The highest BCUT2D eigenvalue weighted by molar-refractivity contribution is 6.31. The summed E-state index contributed by atoms with van der Waals surface area (Å²) in [5.41, 5.74) is -3.35. The van der Waals surface area contributed by atoms with Crippen LogP contribution in [-0.4, -0.2) is 4.98 Å². The topological polar surface area (TPSA) is 12.9 Å². The number of rotatable bonds is 2. The highest BCUT2D eigenvalue weighted by atomic mass is 35.5. The zero-order chi connectivity index (χ0) is 12.5. The average molecular weight is 280 g/mol. The quantitative estimate of drug-likeness (QED) is 0.443. The molecular formula is C8H4Cl2F5N. The van der Waals surface area contributed by atoms with E-state index in [2.05, 4.69) is 4.98 Å². The number of aromatic nitrogens is 1. The minimum atomic E-state index is -4.94. The third-order valence-corrected chi connectivity index (χ3v) is 2.40. The van der Waals surface area contributed by atoms with Gasteiger partial charge >= 0.3 is 6.18 Å². The SMILES string of the molecule is FC(F)c1cnc(Cl)c(CCl)c1C(F)(F)F. The number of pyridine rings is 1. The fourth-order valence-electron chi connectivity index (χ4n) is 1.17. The molecule has 0 atom stereocenters. The molecule has 0 radical (unpaired) electrons. The fraction of sp³-hybridized carbons (Fsp3) is 0.375. The first-order valence-corrected chi connectivity index (χ1v) is 4.78. The Morgan fingerprint density at radius 3 is 2.25 bits per heavy atom. The van der Waals surface area contributed by atoms with Crippen molar-refractivity contribution in [3.63, 3.8) is 0 Å². The van der Waals surface area contributed by atoms with Gasteiger partial charge in [0.15, 0.2) is 0 Å². The molecule has 0 aliphatic rings. The van der Waals surface area contributed by atoms with Gasteiger partial charge < -0.3 is 0 Å². The molecule has 90 valence electrons. The fourth-order valence-corrected chi connectivity index (χ4v) is 1.71. The minimum Gasteiger partial charge on any atom is -0.244 e. The Kier molecular flexibility index (Phi) is 3.96. The van der Waals surface area contributed by atoms with Gasteiger partial charge in [-0.1, -0.05) is 11.6 Å². The van der Waals surface area contributed by atoms with Gasteiger partial charge in [-0.15, -0.1) is 11.6 Å². The van der Waals surface area contributed by atoms with Gasteiger partial charge in [0.25, 0.3) is 6.43 Å². The van der Waals surface area contributed by atoms with Crippen LogP contribution in [0.25, 0.3) is 0 Å². The maximum absolute atomic E-state index is 12.6. The van der Waals surface area contributed by atoms with E-state index in [1.807, 2.05) is 0 Å². The summed E-state index contributed by atoms with van der Waals surface area (Å²) >= 11 is 10.6. The Hall–Kier alpha value is -0.620. The van der Waals surface area contributed by atoms with Crippen LogP contribution in [0.2, 0.25) is 5.15 Å². The third-order valence-electron chi connectivity index (χ3n) is 1.81. The molecule has 0 spiro atoms. The second-order valence-electron chi connectivity index (χ2n) is 2.79. The first-order chi connectivity index (χ1) is 7.29. The van der Waals surface area contributed by atoms with Crippen LogP contribution in [0.1, 0.15) is 23.1 Å². The molecule has 0 amide bonds. The van der Waals surface area contributed by atoms with Crippen LogP contribution in [-0.2, 0) is 12.1 Å². The van der Waals surface area contributed by atoms with Crippen LogP contribution in [0.3, 0.4) is 0 Å². The van der Waals surface area contributed by atoms with E-state index in [0.29, 0.717) is 6.20 Å². The lowest BCUT2D eigenvalue weighted by atomic mass is 10.1. The summed E-state index contributed by atoms with van der Waals surface area (Å²) in [6, 6.07) is 0. The van der Waals surface area contributed by atoms with Crippen LogP contribution in [0.5, 0.6) is 0 Å². The van der Waals surface area contributed by atoms with Crippen molar-refractivity contribution < 1.29 is 22.0 Å². The molecule has 1 aromatic heterocycles. The van der Waals surface area contributed by atoms with E-state index >= 15 is 0 Å². The van der Waals surface area contributed by atoms with E-state index in [1.165, 1.54) is 0 Å². The van der Waals surface area contributed by atoms with Crippen molar-refractivity contribution in [2.24, 2.45) is 0 Å². The molecule has 1 nitrogen and oxygen atoms in total. The summed E-state index contributed by atoms with van der Waals surface area (Å²) in [4.78, 5) is 3.25. The summed E-state index contributed by atoms with van der Waals surface area (Å²) in [6.45, 7) is 0. The molecule has 0 bridgehead atoms. The second-order valence-corrected chi connectivity index (χ2v) is 3.42. The van der Waals surface area contributed by atoms with Gasteiger partial charge in [0.05, 0.1) is 11.4 Å². The Bertz CT molecular complexity index is 391. The lowest BCUT2D eigenvalue weighted by Crippen LogP contribution is -2.14. The highest BCUT2D eigenvalue weighted by Crippen LogP contribution is 2.40. The first-order valence-electron chi connectivity index (χ1n) is 3.87. The molecule has 0 aliphatic carbocycles. The molecule has 8 heteroatoms. The zero-order valence-corrected chi connectivity index (χ0v) is 8.97. The lowest BCUT2D eigenvalue weighted by molar-refractivity contribution is -0.140. The molecule has 1 aromatic rings. The van der Waals surface area contributed by atoms with Crippen molar-refractivity contribution in [1.29, 1.82) is 0 Å². The molecular weight excluding hydrogens is 276 g/mol. The normalized spacial score (nSPS) is 12.2. The zero-order valence-electron chi connectivity index (χ0n) is 7.45. The van der Waals surface area contributed by atoms with Crippen LogP contribution in [0.15, 0.2) is 6.20 Å². The predicted octanol–water partition coefficient (Wildman–Crippen LogP) is 4.43. The van der Waals surface area contributed by atoms with Gasteiger partial charge in [-0.2, -0.15) is 13.2 Å². The highest BCUT2D eigenvalue weighted by Gasteiger charge is 2.39. The summed E-state index contributed by atoms with van der Waals surface area (Å²) in [5.74, 6) is -0.638. The Morgan fingerprint density at radius 2 is 1.88 bits per heavy atom. The molecule has 0 saturated carbocycles. The Balaban J connectivity index is 3.54. The maximum atomic E-state index is 12.6. The maximum Gasteiger partial charge on any atom is 0.417 e. The van der Waals surface area contributed by atoms with Crippen LogP contribution in [0, 0.1) is 0 Å². The van der Waals surface area contributed by atoms with Crippen LogP contribution in [0.4, 0.5) is 22.0 Å². The van der Waals surface area contributed by atoms with Gasteiger partial charge in [-0.3, -0.25) is 0 Å². The lowest BCUT2D eigenvalue weighted by Gasteiger charge is -2.16. The molecule has 1 rings (SSSR count). The minimum absolute atomic E-state index is 0.409. The first kappa shape index (κ1) is 13.4. The average Bonchev–Trinajstić information content (AvgIpc) is 2.15. The monoisotopic (exact) mass is 279 g/mol. The van der Waals surface area contributed by atoms with E-state index in [9.17, 15) is 22.0 Å². The Labute approximate surface area is 97.2 Å². The third kappa shape index (κ3) is 2.55. The molecule has 0 saturated heterocycles. The molecule has 0 N–H and O–H groups in total. The van der Waals surface area contributed by atoms with Crippen molar-refractivity contribution in [3.05, 3.63) is 28.0 Å². The van der Waals surface area contributed by atoms with Gasteiger partial charge in [0.1, 0.15) is 5.15 Å². The van der Waals surface area contributed by atoms with Gasteiger partial charge in [-0.25, -0.2) is 13.8 Å². The van der Waals surface area contributed by atoms with Crippen molar-refractivity contribution in [2.75, 3.05) is 0 Å². The summed E-state index contributed by atoms with van der Waals surface area (Å²) in [6.07, 6.45) is -7.82. The smallest absolute Gasteiger partial charge is 0.244 e. The molecule has 0 fully saturated rings. The van der Waals surface area contributed by atoms with E-state index in [4.69, 9.17) is 23.2 Å². The van der Waals surface area contributed by atoms with Crippen molar-refractivity contribution in [2.45, 2.75) is 18.5 Å². The van der Waals surface area contributed by atoms with E-state index in [1.54, 1.807) is 0 Å². The van der Waals surface area contributed by atoms with E-state index in [0.717, 1.165) is 0 Å². The number of alkyl halides is 6. The number of hydrogen-bond donors (Lipinski definition) is 0. The number of hydrogen-bond acceptors (Lipinski definition) is 1. The van der Waals surface area contributed by atoms with Gasteiger partial charge in [0, 0.05) is 17.3 Å². The number of halogens is 7. The molecule has 1 heterocycles. The van der Waals surface area contributed by atoms with E-state index < -0.39 is 40.3 Å².